The van der Waals surface area contributed by atoms with E-state index in [9.17, 15) is 0 Å². The predicted molar refractivity (Wildman–Crippen MR) is 148 cm³/mol. The van der Waals surface area contributed by atoms with Crippen LogP contribution in [0.3, 0.4) is 0 Å². The number of morpholine rings is 1. The van der Waals surface area contributed by atoms with Gasteiger partial charge in [-0.25, -0.2) is 4.85 Å². The highest BCUT2D eigenvalue weighted by atomic mass is 16.5. The first-order chi connectivity index (χ1) is 17.6. The van der Waals surface area contributed by atoms with Crippen molar-refractivity contribution < 1.29 is 4.74 Å². The molecule has 3 aromatic carbocycles. The summed E-state index contributed by atoms with van der Waals surface area (Å²) in [6, 6.07) is 23.2. The number of benzene rings is 3. The molecular formula is C31H30N4O. The molecule has 5 heteroatoms. The zero-order valence-electron chi connectivity index (χ0n) is 20.8. The molecule has 0 radical (unpaired) electrons. The largest absolute Gasteiger partial charge is 0.372 e. The van der Waals surface area contributed by atoms with Crippen molar-refractivity contribution in [2.45, 2.75) is 32.5 Å². The highest BCUT2D eigenvalue weighted by Crippen LogP contribution is 2.41. The van der Waals surface area contributed by atoms with Crippen LogP contribution in [0.1, 0.15) is 20.3 Å². The molecule has 6 rings (SSSR count). The second-order valence-corrected chi connectivity index (χ2v) is 9.93. The van der Waals surface area contributed by atoms with Crippen molar-refractivity contribution in [3.05, 3.63) is 84.3 Å². The van der Waals surface area contributed by atoms with Crippen molar-refractivity contribution in [1.29, 1.82) is 0 Å². The van der Waals surface area contributed by atoms with Gasteiger partial charge in [-0.2, -0.15) is 0 Å². The van der Waals surface area contributed by atoms with Crippen LogP contribution in [-0.4, -0.2) is 43.4 Å². The number of nitrogens with zero attached hydrogens (tertiary/aromatic N) is 4. The number of para-hydroxylation sites is 1. The summed E-state index contributed by atoms with van der Waals surface area (Å²) in [5, 5.41) is 1.18. The fourth-order valence-electron chi connectivity index (χ4n) is 5.49. The van der Waals surface area contributed by atoms with E-state index in [-0.39, 0.29) is 12.2 Å². The minimum absolute atomic E-state index is 0.239. The Hall–Kier alpha value is -3.88. The van der Waals surface area contributed by atoms with Gasteiger partial charge < -0.3 is 14.5 Å². The zero-order chi connectivity index (χ0) is 24.6. The molecule has 36 heavy (non-hydrogen) atoms. The number of ether oxygens (including phenoxy) is 1. The maximum Gasteiger partial charge on any atom is 0.187 e. The maximum absolute atomic E-state index is 7.25. The number of anilines is 2. The fraction of sp³-hybridized carbons (Fsp3) is 0.290. The molecule has 180 valence electrons. The first-order valence-corrected chi connectivity index (χ1v) is 12.8. The monoisotopic (exact) mass is 474 g/mol. The van der Waals surface area contributed by atoms with E-state index in [4.69, 9.17) is 16.3 Å². The van der Waals surface area contributed by atoms with Gasteiger partial charge in [-0.15, -0.1) is 0 Å². The highest BCUT2D eigenvalue weighted by Gasteiger charge is 2.24. The minimum atomic E-state index is 0.239. The van der Waals surface area contributed by atoms with Crippen LogP contribution in [0.5, 0.6) is 0 Å². The van der Waals surface area contributed by atoms with Crippen molar-refractivity contribution >= 4 is 28.0 Å². The summed E-state index contributed by atoms with van der Waals surface area (Å²) in [6.45, 7) is 15.5. The van der Waals surface area contributed by atoms with Crippen LogP contribution in [-0.2, 0) is 4.74 Å². The van der Waals surface area contributed by atoms with Crippen LogP contribution in [0.25, 0.3) is 38.0 Å². The summed E-state index contributed by atoms with van der Waals surface area (Å²) >= 11 is 0. The number of hydrogen-bond acceptors (Lipinski definition) is 4. The second kappa shape index (κ2) is 9.29. The van der Waals surface area contributed by atoms with E-state index in [1.807, 2.05) is 30.5 Å². The number of pyridine rings is 1. The second-order valence-electron chi connectivity index (χ2n) is 9.93. The molecule has 0 amide bonds. The van der Waals surface area contributed by atoms with Crippen LogP contribution >= 0.6 is 0 Å². The van der Waals surface area contributed by atoms with Gasteiger partial charge in [0, 0.05) is 54.6 Å². The summed E-state index contributed by atoms with van der Waals surface area (Å²) in [6.07, 6.45) is 3.74. The molecule has 0 N–H and O–H groups in total. The van der Waals surface area contributed by atoms with Crippen LogP contribution < -0.4 is 9.80 Å². The number of fused-ring (bicyclic) bond motifs is 1. The Morgan fingerprint density at radius 3 is 2.14 bits per heavy atom. The van der Waals surface area contributed by atoms with Gasteiger partial charge in [-0.05, 0) is 43.5 Å². The van der Waals surface area contributed by atoms with E-state index in [1.165, 1.54) is 34.3 Å². The number of hydrogen-bond donors (Lipinski definition) is 0. The van der Waals surface area contributed by atoms with Crippen LogP contribution in [0.4, 0.5) is 17.1 Å². The van der Waals surface area contributed by atoms with Gasteiger partial charge in [0.05, 0.1) is 30.0 Å². The number of aromatic nitrogens is 1. The van der Waals surface area contributed by atoms with Gasteiger partial charge in [0.15, 0.2) is 5.69 Å². The molecule has 3 heterocycles. The SMILES string of the molecule is [C-]#[N+]c1ccc(-c2cccc3c(N4CCC4)c(-c4ccc(N5C[C@@H](C)O[C@@H](C)C5)cc4)cnc23)cc1. The fourth-order valence-corrected chi connectivity index (χ4v) is 5.49. The molecule has 2 aliphatic heterocycles. The third-order valence-corrected chi connectivity index (χ3v) is 7.31. The molecule has 2 atom stereocenters. The maximum atomic E-state index is 7.25. The molecule has 0 aliphatic carbocycles. The smallest absolute Gasteiger partial charge is 0.187 e. The van der Waals surface area contributed by atoms with E-state index >= 15 is 0 Å². The average molecular weight is 475 g/mol. The van der Waals surface area contributed by atoms with Crippen LogP contribution in [0, 0.1) is 6.57 Å². The van der Waals surface area contributed by atoms with Crippen molar-refractivity contribution in [1.82, 2.24) is 4.98 Å². The standard InChI is InChI=1S/C31H30N4O/c1-21-19-35(20-22(2)36-21)26-14-10-24(11-15-26)29-18-33-30-27(23-8-12-25(32-3)13-9-23)6-4-7-28(30)31(29)34-16-5-17-34/h4,6-15,18,21-22H,5,16-17,19-20H2,1-2H3/t21-,22+. The van der Waals surface area contributed by atoms with E-state index in [0.717, 1.165) is 42.8 Å². The lowest BCUT2D eigenvalue weighted by atomic mass is 9.95. The lowest BCUT2D eigenvalue weighted by Gasteiger charge is -2.37. The third kappa shape index (κ3) is 4.08. The van der Waals surface area contributed by atoms with E-state index in [1.54, 1.807) is 0 Å². The average Bonchev–Trinajstić information content (AvgIpc) is 2.87. The van der Waals surface area contributed by atoms with Gasteiger partial charge in [-0.3, -0.25) is 4.98 Å². The number of rotatable bonds is 4. The molecule has 1 aromatic heterocycles. The first-order valence-electron chi connectivity index (χ1n) is 12.8. The summed E-state index contributed by atoms with van der Waals surface area (Å²) in [4.78, 5) is 13.4. The predicted octanol–water partition coefficient (Wildman–Crippen LogP) is 6.94. The third-order valence-electron chi connectivity index (χ3n) is 7.31. The normalized spacial score (nSPS) is 19.7. The molecule has 5 nitrogen and oxygen atoms in total. The minimum Gasteiger partial charge on any atom is -0.372 e. The molecule has 0 bridgehead atoms. The van der Waals surface area contributed by atoms with Crippen molar-refractivity contribution in [3.8, 4) is 22.3 Å². The lowest BCUT2D eigenvalue weighted by molar-refractivity contribution is -0.00521. The van der Waals surface area contributed by atoms with E-state index in [0.29, 0.717) is 5.69 Å². The molecule has 4 aromatic rings. The molecule has 2 saturated heterocycles. The molecule has 2 fully saturated rings. The Morgan fingerprint density at radius 1 is 0.833 bits per heavy atom. The summed E-state index contributed by atoms with van der Waals surface area (Å²) in [5.41, 5.74) is 8.72. The van der Waals surface area contributed by atoms with Crippen molar-refractivity contribution in [2.75, 3.05) is 36.0 Å². The molecule has 0 saturated carbocycles. The Labute approximate surface area is 212 Å². The summed E-state index contributed by atoms with van der Waals surface area (Å²) in [5.74, 6) is 0. The Balaban J connectivity index is 1.41. The van der Waals surface area contributed by atoms with Gasteiger partial charge in [0.2, 0.25) is 0 Å². The van der Waals surface area contributed by atoms with Gasteiger partial charge in [0.1, 0.15) is 0 Å². The summed E-state index contributed by atoms with van der Waals surface area (Å²) in [7, 11) is 0. The van der Waals surface area contributed by atoms with Gasteiger partial charge in [0.25, 0.3) is 0 Å². The Kier molecular flexibility index (Phi) is 5.83. The van der Waals surface area contributed by atoms with Crippen LogP contribution in [0.15, 0.2) is 72.9 Å². The van der Waals surface area contributed by atoms with Crippen molar-refractivity contribution in [2.24, 2.45) is 0 Å². The Bertz CT molecular complexity index is 1420. The van der Waals surface area contributed by atoms with Crippen molar-refractivity contribution in [3.63, 3.8) is 0 Å². The molecule has 2 aliphatic rings. The summed E-state index contributed by atoms with van der Waals surface area (Å²) < 4.78 is 5.92. The highest BCUT2D eigenvalue weighted by molar-refractivity contribution is 6.05. The van der Waals surface area contributed by atoms with E-state index in [2.05, 4.69) is 71.0 Å². The zero-order valence-corrected chi connectivity index (χ0v) is 20.8. The molecule has 0 spiro atoms. The van der Waals surface area contributed by atoms with E-state index < -0.39 is 0 Å². The molecular weight excluding hydrogens is 444 g/mol. The lowest BCUT2D eigenvalue weighted by Crippen LogP contribution is -2.45. The van der Waals surface area contributed by atoms with Gasteiger partial charge >= 0.3 is 0 Å². The first kappa shape index (κ1) is 22.6. The topological polar surface area (TPSA) is 33.0 Å². The van der Waals surface area contributed by atoms with Crippen LogP contribution in [0.2, 0.25) is 0 Å². The van der Waals surface area contributed by atoms with Gasteiger partial charge in [-0.1, -0.05) is 54.6 Å². The quantitative estimate of drug-likeness (QED) is 0.300. The molecule has 0 unspecified atom stereocenters. The Morgan fingerprint density at radius 2 is 1.50 bits per heavy atom.